The van der Waals surface area contributed by atoms with Gasteiger partial charge in [-0.15, -0.1) is 0 Å². The first-order chi connectivity index (χ1) is 13.1. The second kappa shape index (κ2) is 6.89. The molecule has 4 rings (SSSR count). The van der Waals surface area contributed by atoms with E-state index in [1.807, 2.05) is 48.5 Å². The van der Waals surface area contributed by atoms with Crippen molar-refractivity contribution in [2.24, 2.45) is 0 Å². The van der Waals surface area contributed by atoms with E-state index in [4.69, 9.17) is 0 Å². The van der Waals surface area contributed by atoms with Crippen molar-refractivity contribution in [3.63, 3.8) is 0 Å². The van der Waals surface area contributed by atoms with Crippen LogP contribution in [-0.4, -0.2) is 35.7 Å². The van der Waals surface area contributed by atoms with Crippen LogP contribution >= 0.6 is 11.8 Å². The molecule has 1 aliphatic rings. The van der Waals surface area contributed by atoms with Gasteiger partial charge >= 0.3 is 5.97 Å². The van der Waals surface area contributed by atoms with Crippen LogP contribution in [0.5, 0.6) is 0 Å². The average Bonchev–Trinajstić information content (AvgIpc) is 2.95. The van der Waals surface area contributed by atoms with Crippen LogP contribution in [-0.2, 0) is 14.3 Å². The molecular weight excluding hydrogens is 362 g/mol. The third-order valence-corrected chi connectivity index (χ3v) is 5.38. The molecule has 0 spiro atoms. The minimum absolute atomic E-state index is 0.297. The molecule has 0 radical (unpaired) electrons. The first-order valence-corrected chi connectivity index (χ1v) is 9.13. The van der Waals surface area contributed by atoms with Gasteiger partial charge < -0.3 is 4.74 Å². The fourth-order valence-corrected chi connectivity index (χ4v) is 3.99. The molecule has 1 fully saturated rings. The van der Waals surface area contributed by atoms with E-state index < -0.39 is 17.1 Å². The maximum Gasteiger partial charge on any atom is 0.325 e. The molecule has 134 valence electrons. The Hall–Kier alpha value is -3.12. The number of hydrogen-bond acceptors (Lipinski definition) is 5. The predicted octanol–water partition coefficient (Wildman–Crippen LogP) is 4.20. The van der Waals surface area contributed by atoms with E-state index in [0.717, 1.165) is 43.8 Å². The summed E-state index contributed by atoms with van der Waals surface area (Å²) in [4.78, 5) is 37.5. The number of ether oxygens (including phenoxy) is 1. The molecule has 0 aromatic heterocycles. The number of fused-ring (bicyclic) bond motifs is 2. The van der Waals surface area contributed by atoms with Crippen LogP contribution < -0.4 is 0 Å². The van der Waals surface area contributed by atoms with E-state index in [1.165, 1.54) is 7.11 Å². The molecular formula is C21H15NO4S. The van der Waals surface area contributed by atoms with Crippen molar-refractivity contribution in [1.82, 2.24) is 4.90 Å². The number of hydrogen-bond donors (Lipinski definition) is 0. The maximum absolute atomic E-state index is 12.7. The summed E-state index contributed by atoms with van der Waals surface area (Å²) < 4.78 is 4.56. The van der Waals surface area contributed by atoms with Gasteiger partial charge in [-0.25, -0.2) is 0 Å². The number of esters is 1. The van der Waals surface area contributed by atoms with Crippen molar-refractivity contribution in [2.75, 3.05) is 13.7 Å². The highest BCUT2D eigenvalue weighted by atomic mass is 32.2. The Morgan fingerprint density at radius 1 is 1.04 bits per heavy atom. The second-order valence-corrected chi connectivity index (χ2v) is 7.07. The predicted molar refractivity (Wildman–Crippen MR) is 106 cm³/mol. The number of amides is 2. The Bertz CT molecular complexity index is 1080. The lowest BCUT2D eigenvalue weighted by molar-refractivity contribution is -0.143. The summed E-state index contributed by atoms with van der Waals surface area (Å²) >= 11 is 0.837. The third kappa shape index (κ3) is 3.08. The van der Waals surface area contributed by atoms with E-state index in [-0.39, 0.29) is 6.54 Å². The van der Waals surface area contributed by atoms with Crippen molar-refractivity contribution < 1.29 is 19.1 Å². The Kier molecular flexibility index (Phi) is 4.41. The van der Waals surface area contributed by atoms with Crippen LogP contribution in [0.25, 0.3) is 27.6 Å². The fraction of sp³-hybridized carbons (Fsp3) is 0.0952. The standard InChI is InChI=1S/C21H15NO4S/c1-26-19(23)12-22-20(24)18(27-21(22)25)11-17-15-8-4-2-6-13(15)10-14-7-3-5-9-16(14)17/h2-11H,12H2,1H3/b18-11+. The quantitative estimate of drug-likeness (QED) is 0.389. The zero-order valence-corrected chi connectivity index (χ0v) is 15.3. The third-order valence-electron chi connectivity index (χ3n) is 4.48. The molecule has 1 aliphatic heterocycles. The van der Waals surface area contributed by atoms with Crippen LogP contribution in [0, 0.1) is 0 Å². The molecule has 6 heteroatoms. The minimum Gasteiger partial charge on any atom is -0.468 e. The molecule has 3 aromatic rings. The van der Waals surface area contributed by atoms with Gasteiger partial charge in [-0.3, -0.25) is 19.3 Å². The molecule has 0 unspecified atom stereocenters. The molecule has 3 aromatic carbocycles. The van der Waals surface area contributed by atoms with Crippen molar-refractivity contribution in [2.45, 2.75) is 0 Å². The van der Waals surface area contributed by atoms with Gasteiger partial charge in [0.05, 0.1) is 12.0 Å². The summed E-state index contributed by atoms with van der Waals surface area (Å²) in [6.07, 6.45) is 1.74. The molecule has 0 saturated carbocycles. The number of carbonyl (C=O) groups excluding carboxylic acids is 3. The molecule has 2 amide bonds. The molecule has 0 bridgehead atoms. The van der Waals surface area contributed by atoms with Gasteiger partial charge in [0.1, 0.15) is 6.54 Å². The Balaban J connectivity index is 1.86. The number of nitrogens with zero attached hydrogens (tertiary/aromatic N) is 1. The topological polar surface area (TPSA) is 63.7 Å². The highest BCUT2D eigenvalue weighted by Crippen LogP contribution is 2.36. The summed E-state index contributed by atoms with van der Waals surface area (Å²) in [6.45, 7) is -0.380. The Morgan fingerprint density at radius 3 is 2.22 bits per heavy atom. The molecule has 0 atom stereocenters. The number of methoxy groups -OCH3 is 1. The number of benzene rings is 3. The maximum atomic E-state index is 12.7. The molecule has 27 heavy (non-hydrogen) atoms. The lowest BCUT2D eigenvalue weighted by Crippen LogP contribution is -2.34. The molecule has 0 N–H and O–H groups in total. The average molecular weight is 377 g/mol. The van der Waals surface area contributed by atoms with Crippen molar-refractivity contribution in [3.05, 3.63) is 65.1 Å². The monoisotopic (exact) mass is 377 g/mol. The highest BCUT2D eigenvalue weighted by molar-refractivity contribution is 8.18. The summed E-state index contributed by atoms with van der Waals surface area (Å²) in [5, 5.41) is 3.63. The molecule has 1 saturated heterocycles. The van der Waals surface area contributed by atoms with Gasteiger partial charge in [-0.1, -0.05) is 48.5 Å². The van der Waals surface area contributed by atoms with E-state index in [2.05, 4.69) is 10.8 Å². The van der Waals surface area contributed by atoms with Crippen LogP contribution in [0.15, 0.2) is 59.5 Å². The summed E-state index contributed by atoms with van der Waals surface area (Å²) in [5.41, 5.74) is 0.882. The minimum atomic E-state index is -0.630. The fourth-order valence-electron chi connectivity index (χ4n) is 3.17. The second-order valence-electron chi connectivity index (χ2n) is 6.08. The summed E-state index contributed by atoms with van der Waals surface area (Å²) in [7, 11) is 1.22. The Morgan fingerprint density at radius 2 is 1.63 bits per heavy atom. The van der Waals surface area contributed by atoms with Gasteiger partial charge in [0.25, 0.3) is 11.1 Å². The molecule has 0 aliphatic carbocycles. The smallest absolute Gasteiger partial charge is 0.325 e. The molecule has 1 heterocycles. The first-order valence-electron chi connectivity index (χ1n) is 8.31. The van der Waals surface area contributed by atoms with Crippen molar-refractivity contribution in [1.29, 1.82) is 0 Å². The zero-order chi connectivity index (χ0) is 19.0. The van der Waals surface area contributed by atoms with Gasteiger partial charge in [0.15, 0.2) is 0 Å². The van der Waals surface area contributed by atoms with Crippen LogP contribution in [0.3, 0.4) is 0 Å². The van der Waals surface area contributed by atoms with Crippen molar-refractivity contribution >= 4 is 56.5 Å². The van der Waals surface area contributed by atoms with Crippen molar-refractivity contribution in [3.8, 4) is 0 Å². The van der Waals surface area contributed by atoms with E-state index in [1.54, 1.807) is 6.08 Å². The van der Waals surface area contributed by atoms with E-state index in [0.29, 0.717) is 4.91 Å². The van der Waals surface area contributed by atoms with Gasteiger partial charge in [-0.05, 0) is 51.0 Å². The number of rotatable bonds is 3. The van der Waals surface area contributed by atoms with Crippen LogP contribution in [0.1, 0.15) is 5.56 Å². The van der Waals surface area contributed by atoms with Gasteiger partial charge in [0, 0.05) is 0 Å². The van der Waals surface area contributed by atoms with Crippen LogP contribution in [0.4, 0.5) is 4.79 Å². The normalized spacial score (nSPS) is 15.9. The van der Waals surface area contributed by atoms with Gasteiger partial charge in [-0.2, -0.15) is 0 Å². The van der Waals surface area contributed by atoms with E-state index in [9.17, 15) is 14.4 Å². The summed E-state index contributed by atoms with van der Waals surface area (Å²) in [6, 6.07) is 17.9. The lowest BCUT2D eigenvalue weighted by atomic mass is 9.96. The number of imide groups is 1. The highest BCUT2D eigenvalue weighted by Gasteiger charge is 2.36. The SMILES string of the molecule is COC(=O)CN1C(=O)S/C(=C/c2c3ccccc3cc3ccccc23)C1=O. The van der Waals surface area contributed by atoms with E-state index >= 15 is 0 Å². The summed E-state index contributed by atoms with van der Waals surface area (Å²) in [5.74, 6) is -1.11. The Labute approximate surface area is 159 Å². The lowest BCUT2D eigenvalue weighted by Gasteiger charge is -2.10. The first kappa shape index (κ1) is 17.3. The largest absolute Gasteiger partial charge is 0.468 e. The number of thioether (sulfide) groups is 1. The zero-order valence-electron chi connectivity index (χ0n) is 14.5. The van der Waals surface area contributed by atoms with Gasteiger partial charge in [0.2, 0.25) is 0 Å². The number of carbonyl (C=O) groups is 3. The molecule has 5 nitrogen and oxygen atoms in total. The van der Waals surface area contributed by atoms with Crippen LogP contribution in [0.2, 0.25) is 0 Å².